The standard InChI is InChI=1S/C14H10N6O4/c15-7-8-18(12-4-2-6-14(10-12)20(23)24)17-16-11-3-1-5-13(9-11)19(21)22/h1-6,9-10H,8H2. The van der Waals surface area contributed by atoms with E-state index in [1.54, 1.807) is 0 Å². The van der Waals surface area contributed by atoms with Gasteiger partial charge in [-0.05, 0) is 12.1 Å². The smallest absolute Gasteiger partial charge is 0.258 e. The molecule has 2 aromatic carbocycles. The summed E-state index contributed by atoms with van der Waals surface area (Å²) in [7, 11) is 0. The molecule has 0 bridgehead atoms. The number of non-ortho nitro benzene ring substituents is 2. The largest absolute Gasteiger partial charge is 0.271 e. The summed E-state index contributed by atoms with van der Waals surface area (Å²) < 4.78 is 0. The molecular weight excluding hydrogens is 316 g/mol. The van der Waals surface area contributed by atoms with Crippen LogP contribution in [-0.4, -0.2) is 16.4 Å². The molecule has 0 N–H and O–H groups in total. The molecule has 10 heteroatoms. The molecular formula is C14H10N6O4. The molecule has 0 fully saturated rings. The van der Waals surface area contributed by atoms with Crippen LogP contribution in [0.15, 0.2) is 58.9 Å². The van der Waals surface area contributed by atoms with E-state index in [0.717, 1.165) is 5.01 Å². The van der Waals surface area contributed by atoms with Crippen LogP contribution in [0, 0.1) is 31.6 Å². The zero-order valence-electron chi connectivity index (χ0n) is 12.1. The Morgan fingerprint density at radius 3 is 2.29 bits per heavy atom. The third-order valence-corrected chi connectivity index (χ3v) is 2.87. The molecule has 0 spiro atoms. The SMILES string of the molecule is N#CCN(N=Nc1cccc([N+](=O)[O-])c1)c1cccc([N+](=O)[O-])c1. The van der Waals surface area contributed by atoms with E-state index in [9.17, 15) is 20.2 Å². The molecule has 2 rings (SSSR count). The molecule has 24 heavy (non-hydrogen) atoms. The molecule has 0 saturated heterocycles. The van der Waals surface area contributed by atoms with Crippen molar-refractivity contribution in [3.05, 3.63) is 68.8 Å². The van der Waals surface area contributed by atoms with Crippen molar-refractivity contribution < 1.29 is 9.85 Å². The van der Waals surface area contributed by atoms with Crippen LogP contribution in [0.1, 0.15) is 0 Å². The molecule has 0 aromatic heterocycles. The number of hydrogen-bond donors (Lipinski definition) is 0. The van der Waals surface area contributed by atoms with E-state index in [-0.39, 0.29) is 23.6 Å². The Morgan fingerprint density at radius 1 is 1.04 bits per heavy atom. The van der Waals surface area contributed by atoms with Gasteiger partial charge in [0.25, 0.3) is 11.4 Å². The molecule has 0 heterocycles. The first-order chi connectivity index (χ1) is 11.5. The van der Waals surface area contributed by atoms with Gasteiger partial charge in [0.2, 0.25) is 0 Å². The van der Waals surface area contributed by atoms with Gasteiger partial charge >= 0.3 is 0 Å². The molecule has 10 nitrogen and oxygen atoms in total. The maximum atomic E-state index is 10.8. The number of nitro groups is 2. The summed E-state index contributed by atoms with van der Waals surface area (Å²) in [6, 6.07) is 12.9. The van der Waals surface area contributed by atoms with Gasteiger partial charge in [0.05, 0.1) is 27.3 Å². The molecule has 0 atom stereocenters. The van der Waals surface area contributed by atoms with Crippen LogP contribution in [0.2, 0.25) is 0 Å². The normalized spacial score (nSPS) is 10.3. The van der Waals surface area contributed by atoms with Crippen molar-refractivity contribution in [2.75, 3.05) is 11.6 Å². The fourth-order valence-corrected chi connectivity index (χ4v) is 1.78. The molecule has 0 aliphatic rings. The van der Waals surface area contributed by atoms with Crippen LogP contribution in [0.5, 0.6) is 0 Å². The minimum atomic E-state index is -0.564. The molecule has 0 amide bonds. The summed E-state index contributed by atoms with van der Waals surface area (Å²) in [4.78, 5) is 20.4. The van der Waals surface area contributed by atoms with Crippen LogP contribution >= 0.6 is 0 Å². The van der Waals surface area contributed by atoms with E-state index in [1.807, 2.05) is 6.07 Å². The Hall–Kier alpha value is -3.87. The van der Waals surface area contributed by atoms with Crippen molar-refractivity contribution in [2.24, 2.45) is 10.3 Å². The minimum Gasteiger partial charge on any atom is -0.258 e. The summed E-state index contributed by atoms with van der Waals surface area (Å²) in [5.74, 6) is 0. The van der Waals surface area contributed by atoms with Crippen LogP contribution in [0.4, 0.5) is 22.7 Å². The first-order valence-electron chi connectivity index (χ1n) is 6.56. The first kappa shape index (κ1) is 16.5. The lowest BCUT2D eigenvalue weighted by Crippen LogP contribution is -2.15. The van der Waals surface area contributed by atoms with Gasteiger partial charge < -0.3 is 0 Å². The quantitative estimate of drug-likeness (QED) is 0.344. The number of hydrogen-bond acceptors (Lipinski definition) is 7. The molecule has 0 saturated carbocycles. The van der Waals surface area contributed by atoms with E-state index in [4.69, 9.17) is 5.26 Å². The average Bonchev–Trinajstić information content (AvgIpc) is 2.59. The topological polar surface area (TPSA) is 138 Å². The highest BCUT2D eigenvalue weighted by Gasteiger charge is 2.11. The van der Waals surface area contributed by atoms with Gasteiger partial charge in [0.1, 0.15) is 6.54 Å². The number of anilines is 1. The molecule has 0 aliphatic heterocycles. The lowest BCUT2D eigenvalue weighted by molar-refractivity contribution is -0.385. The molecule has 0 radical (unpaired) electrons. The van der Waals surface area contributed by atoms with Crippen LogP contribution in [0.3, 0.4) is 0 Å². The third-order valence-electron chi connectivity index (χ3n) is 2.87. The fourth-order valence-electron chi connectivity index (χ4n) is 1.78. The average molecular weight is 326 g/mol. The zero-order chi connectivity index (χ0) is 17.5. The second-order valence-electron chi connectivity index (χ2n) is 4.46. The highest BCUT2D eigenvalue weighted by atomic mass is 16.6. The fraction of sp³-hybridized carbons (Fsp3) is 0.0714. The van der Waals surface area contributed by atoms with Crippen molar-refractivity contribution >= 4 is 22.7 Å². The Balaban J connectivity index is 2.30. The highest BCUT2D eigenvalue weighted by molar-refractivity contribution is 5.53. The van der Waals surface area contributed by atoms with Crippen LogP contribution in [-0.2, 0) is 0 Å². The van der Waals surface area contributed by atoms with Gasteiger partial charge in [-0.2, -0.15) is 5.26 Å². The summed E-state index contributed by atoms with van der Waals surface area (Å²) in [5, 5.41) is 39.3. The predicted molar refractivity (Wildman–Crippen MR) is 83.7 cm³/mol. The molecule has 0 aliphatic carbocycles. The number of nitriles is 1. The van der Waals surface area contributed by atoms with E-state index in [2.05, 4.69) is 10.3 Å². The van der Waals surface area contributed by atoms with Gasteiger partial charge in [0.15, 0.2) is 0 Å². The summed E-state index contributed by atoms with van der Waals surface area (Å²) in [6.45, 7) is -0.195. The van der Waals surface area contributed by atoms with Gasteiger partial charge in [-0.15, -0.1) is 5.11 Å². The molecule has 2 aromatic rings. The monoisotopic (exact) mass is 326 g/mol. The van der Waals surface area contributed by atoms with Crippen molar-refractivity contribution in [2.45, 2.75) is 0 Å². The minimum absolute atomic E-state index is 0.145. The van der Waals surface area contributed by atoms with Crippen molar-refractivity contribution in [1.29, 1.82) is 5.26 Å². The number of nitro benzene ring substituents is 2. The Labute approximate surface area is 135 Å². The summed E-state index contributed by atoms with van der Waals surface area (Å²) in [5.41, 5.74) is 0.229. The van der Waals surface area contributed by atoms with Crippen molar-refractivity contribution in [1.82, 2.24) is 0 Å². The van der Waals surface area contributed by atoms with E-state index in [0.29, 0.717) is 5.69 Å². The van der Waals surface area contributed by atoms with Crippen LogP contribution < -0.4 is 5.01 Å². The first-order valence-corrected chi connectivity index (χ1v) is 6.56. The predicted octanol–water partition coefficient (Wildman–Crippen LogP) is 3.53. The third kappa shape index (κ3) is 4.08. The summed E-state index contributed by atoms with van der Waals surface area (Å²) in [6.07, 6.45) is 0. The second kappa shape index (κ2) is 7.41. The van der Waals surface area contributed by atoms with Crippen LogP contribution in [0.25, 0.3) is 0 Å². The number of nitrogens with zero attached hydrogens (tertiary/aromatic N) is 6. The van der Waals surface area contributed by atoms with Gasteiger partial charge in [0, 0.05) is 24.3 Å². The Bertz CT molecular complexity index is 845. The maximum Gasteiger partial charge on any atom is 0.271 e. The van der Waals surface area contributed by atoms with E-state index in [1.165, 1.54) is 48.5 Å². The number of rotatable bonds is 6. The lowest BCUT2D eigenvalue weighted by atomic mass is 10.3. The van der Waals surface area contributed by atoms with E-state index >= 15 is 0 Å². The van der Waals surface area contributed by atoms with Gasteiger partial charge in [-0.3, -0.25) is 20.2 Å². The van der Waals surface area contributed by atoms with E-state index < -0.39 is 9.85 Å². The Morgan fingerprint density at radius 2 is 1.67 bits per heavy atom. The zero-order valence-corrected chi connectivity index (χ0v) is 12.1. The highest BCUT2D eigenvalue weighted by Crippen LogP contribution is 2.24. The van der Waals surface area contributed by atoms with Crippen molar-refractivity contribution in [3.8, 4) is 6.07 Å². The summed E-state index contributed by atoms with van der Waals surface area (Å²) >= 11 is 0. The number of benzene rings is 2. The van der Waals surface area contributed by atoms with Gasteiger partial charge in [-0.1, -0.05) is 17.4 Å². The Kier molecular flexibility index (Phi) is 5.09. The second-order valence-corrected chi connectivity index (χ2v) is 4.46. The lowest BCUT2D eigenvalue weighted by Gasteiger charge is -2.13. The maximum absolute atomic E-state index is 10.8. The van der Waals surface area contributed by atoms with Gasteiger partial charge in [-0.25, -0.2) is 5.01 Å². The molecule has 120 valence electrons. The molecule has 0 unspecified atom stereocenters. The van der Waals surface area contributed by atoms with Crippen molar-refractivity contribution in [3.63, 3.8) is 0 Å².